The van der Waals surface area contributed by atoms with Crippen LogP contribution >= 0.6 is 0 Å². The van der Waals surface area contributed by atoms with E-state index in [0.717, 1.165) is 43.0 Å². The number of nitrogens with one attached hydrogen (secondary N) is 1. The van der Waals surface area contributed by atoms with Gasteiger partial charge in [-0.1, -0.05) is 13.3 Å². The van der Waals surface area contributed by atoms with E-state index in [2.05, 4.69) is 22.2 Å². The molecule has 0 aromatic carbocycles. The SMILES string of the molecule is CCCc1nn(C)c2c1NCCC1CS(=O)(=O)CCN21. The molecular formula is C13H22N4O2S. The minimum absolute atomic E-state index is 0.0763. The Kier molecular flexibility index (Phi) is 3.40. The van der Waals surface area contributed by atoms with Gasteiger partial charge < -0.3 is 10.2 Å². The molecule has 0 spiro atoms. The van der Waals surface area contributed by atoms with Crippen molar-refractivity contribution < 1.29 is 8.42 Å². The Labute approximate surface area is 120 Å². The highest BCUT2D eigenvalue weighted by Gasteiger charge is 2.36. The molecule has 112 valence electrons. The molecule has 0 bridgehead atoms. The van der Waals surface area contributed by atoms with Crippen molar-refractivity contribution in [3.63, 3.8) is 0 Å². The quantitative estimate of drug-likeness (QED) is 0.874. The topological polar surface area (TPSA) is 67.2 Å². The standard InChI is InChI=1S/C13H22N4O2S/c1-3-4-11-12-13(16(2)15-11)17-7-8-20(18,19)9-10(17)5-6-14-12/h10,14H,3-9H2,1-2H3. The van der Waals surface area contributed by atoms with Crippen LogP contribution in [0.1, 0.15) is 25.5 Å². The van der Waals surface area contributed by atoms with Crippen LogP contribution in [0.2, 0.25) is 0 Å². The molecule has 1 aromatic heterocycles. The molecule has 0 amide bonds. The Bertz CT molecular complexity index is 608. The molecule has 3 rings (SSSR count). The number of hydrogen-bond acceptors (Lipinski definition) is 5. The third kappa shape index (κ3) is 2.28. The van der Waals surface area contributed by atoms with Crippen LogP contribution in [0.5, 0.6) is 0 Å². The van der Waals surface area contributed by atoms with Gasteiger partial charge in [0.05, 0.1) is 17.2 Å². The van der Waals surface area contributed by atoms with Crippen LogP contribution in [0, 0.1) is 0 Å². The van der Waals surface area contributed by atoms with Crippen LogP contribution < -0.4 is 10.2 Å². The van der Waals surface area contributed by atoms with Gasteiger partial charge in [-0.3, -0.25) is 4.68 Å². The maximum absolute atomic E-state index is 11.9. The van der Waals surface area contributed by atoms with Crippen molar-refractivity contribution in [2.24, 2.45) is 7.05 Å². The van der Waals surface area contributed by atoms with E-state index >= 15 is 0 Å². The summed E-state index contributed by atoms with van der Waals surface area (Å²) >= 11 is 0. The summed E-state index contributed by atoms with van der Waals surface area (Å²) in [4.78, 5) is 2.24. The number of nitrogens with zero attached hydrogens (tertiary/aromatic N) is 3. The highest BCUT2D eigenvalue weighted by molar-refractivity contribution is 7.91. The molecule has 0 saturated carbocycles. The van der Waals surface area contributed by atoms with Gasteiger partial charge in [0, 0.05) is 26.2 Å². The number of sulfone groups is 1. The molecule has 2 aliphatic rings. The number of aryl methyl sites for hydroxylation is 2. The molecular weight excluding hydrogens is 276 g/mol. The molecule has 0 aliphatic carbocycles. The summed E-state index contributed by atoms with van der Waals surface area (Å²) in [5.74, 6) is 1.57. The maximum Gasteiger partial charge on any atom is 0.154 e. The monoisotopic (exact) mass is 298 g/mol. The molecule has 1 N–H and O–H groups in total. The summed E-state index contributed by atoms with van der Waals surface area (Å²) in [6, 6.07) is 0.0763. The minimum Gasteiger partial charge on any atom is -0.380 e. The lowest BCUT2D eigenvalue weighted by molar-refractivity contribution is 0.540. The fourth-order valence-corrected chi connectivity index (χ4v) is 4.83. The van der Waals surface area contributed by atoms with E-state index in [9.17, 15) is 8.42 Å². The van der Waals surface area contributed by atoms with Crippen molar-refractivity contribution in [2.45, 2.75) is 32.2 Å². The Morgan fingerprint density at radius 2 is 2.25 bits per heavy atom. The predicted molar refractivity (Wildman–Crippen MR) is 80.1 cm³/mol. The third-order valence-electron chi connectivity index (χ3n) is 4.16. The Balaban J connectivity index is 2.01. The number of rotatable bonds is 2. The highest BCUT2D eigenvalue weighted by atomic mass is 32.2. The summed E-state index contributed by atoms with van der Waals surface area (Å²) in [7, 11) is -0.938. The van der Waals surface area contributed by atoms with E-state index in [0.29, 0.717) is 6.54 Å². The molecule has 3 heterocycles. The third-order valence-corrected chi connectivity index (χ3v) is 5.86. The summed E-state index contributed by atoms with van der Waals surface area (Å²) in [5, 5.41) is 8.08. The van der Waals surface area contributed by atoms with E-state index < -0.39 is 9.84 Å². The average molecular weight is 298 g/mol. The molecule has 0 radical (unpaired) electrons. The van der Waals surface area contributed by atoms with Crippen LogP contribution in [-0.2, 0) is 23.3 Å². The molecule has 7 heteroatoms. The van der Waals surface area contributed by atoms with Crippen molar-refractivity contribution in [2.75, 3.05) is 34.8 Å². The van der Waals surface area contributed by atoms with E-state index in [4.69, 9.17) is 0 Å². The van der Waals surface area contributed by atoms with Gasteiger partial charge in [-0.2, -0.15) is 5.10 Å². The van der Waals surface area contributed by atoms with Crippen LogP contribution in [0.25, 0.3) is 0 Å². The summed E-state index contributed by atoms with van der Waals surface area (Å²) in [6.07, 6.45) is 2.87. The number of aromatic nitrogens is 2. The molecule has 20 heavy (non-hydrogen) atoms. The van der Waals surface area contributed by atoms with Crippen LogP contribution in [-0.4, -0.2) is 48.8 Å². The van der Waals surface area contributed by atoms with Gasteiger partial charge in [0.1, 0.15) is 5.69 Å². The first-order valence-corrected chi connectivity index (χ1v) is 9.11. The average Bonchev–Trinajstić information content (AvgIpc) is 2.57. The normalized spacial score (nSPS) is 24.5. The Morgan fingerprint density at radius 1 is 1.45 bits per heavy atom. The van der Waals surface area contributed by atoms with Gasteiger partial charge in [0.15, 0.2) is 15.7 Å². The first kappa shape index (κ1) is 13.7. The molecule has 2 aliphatic heterocycles. The zero-order valence-corrected chi connectivity index (χ0v) is 12.9. The van der Waals surface area contributed by atoms with Crippen LogP contribution in [0.4, 0.5) is 11.5 Å². The van der Waals surface area contributed by atoms with E-state index in [-0.39, 0.29) is 17.5 Å². The van der Waals surface area contributed by atoms with Crippen molar-refractivity contribution in [3.05, 3.63) is 5.69 Å². The van der Waals surface area contributed by atoms with Crippen LogP contribution in [0.3, 0.4) is 0 Å². The lowest BCUT2D eigenvalue weighted by Gasteiger charge is -2.35. The zero-order chi connectivity index (χ0) is 14.3. The van der Waals surface area contributed by atoms with E-state index in [1.54, 1.807) is 0 Å². The molecule has 1 aromatic rings. The van der Waals surface area contributed by atoms with E-state index in [1.807, 2.05) is 11.7 Å². The molecule has 1 unspecified atom stereocenters. The van der Waals surface area contributed by atoms with Gasteiger partial charge in [-0.05, 0) is 12.8 Å². The summed E-state index contributed by atoms with van der Waals surface area (Å²) in [6.45, 7) is 3.53. The lowest BCUT2D eigenvalue weighted by atomic mass is 10.2. The second-order valence-corrected chi connectivity index (χ2v) is 7.92. The van der Waals surface area contributed by atoms with Crippen molar-refractivity contribution in [1.29, 1.82) is 0 Å². The lowest BCUT2D eigenvalue weighted by Crippen LogP contribution is -2.49. The predicted octanol–water partition coefficient (Wildman–Crippen LogP) is 0.792. The molecule has 6 nitrogen and oxygen atoms in total. The van der Waals surface area contributed by atoms with Crippen molar-refractivity contribution in [3.8, 4) is 0 Å². The van der Waals surface area contributed by atoms with Crippen molar-refractivity contribution in [1.82, 2.24) is 9.78 Å². The van der Waals surface area contributed by atoms with Gasteiger partial charge >= 0.3 is 0 Å². The smallest absolute Gasteiger partial charge is 0.154 e. The van der Waals surface area contributed by atoms with Gasteiger partial charge in [0.2, 0.25) is 0 Å². The first-order valence-electron chi connectivity index (χ1n) is 7.28. The molecule has 1 atom stereocenters. The van der Waals surface area contributed by atoms with Crippen LogP contribution in [0.15, 0.2) is 0 Å². The van der Waals surface area contributed by atoms with Crippen molar-refractivity contribution >= 4 is 21.3 Å². The second kappa shape index (κ2) is 4.95. The minimum atomic E-state index is -2.89. The fourth-order valence-electron chi connectivity index (χ4n) is 3.26. The van der Waals surface area contributed by atoms with E-state index in [1.165, 1.54) is 0 Å². The zero-order valence-electron chi connectivity index (χ0n) is 12.1. The number of fused-ring (bicyclic) bond motifs is 3. The van der Waals surface area contributed by atoms with Gasteiger partial charge in [-0.15, -0.1) is 0 Å². The van der Waals surface area contributed by atoms with Gasteiger partial charge in [-0.25, -0.2) is 8.42 Å². The largest absolute Gasteiger partial charge is 0.380 e. The Hall–Kier alpha value is -1.24. The second-order valence-electron chi connectivity index (χ2n) is 5.70. The van der Waals surface area contributed by atoms with Gasteiger partial charge in [0.25, 0.3) is 0 Å². The number of anilines is 2. The highest BCUT2D eigenvalue weighted by Crippen LogP contribution is 2.35. The number of hydrogen-bond donors (Lipinski definition) is 1. The summed E-state index contributed by atoms with van der Waals surface area (Å²) < 4.78 is 25.6. The maximum atomic E-state index is 11.9. The molecule has 1 saturated heterocycles. The first-order chi connectivity index (χ1) is 9.52. The summed E-state index contributed by atoms with van der Waals surface area (Å²) in [5.41, 5.74) is 2.20. The Morgan fingerprint density at radius 3 is 3.00 bits per heavy atom. The fraction of sp³-hybridized carbons (Fsp3) is 0.769. The molecule has 1 fully saturated rings.